The third kappa shape index (κ3) is 2.92. The molecule has 5 nitrogen and oxygen atoms in total. The quantitative estimate of drug-likeness (QED) is 0.879. The standard InChI is InChI=1S/C14H15FN2O3S/c1-17(10-4-3-5-11(8-10)20-2)21(18,19)12-6-7-13(15)14(16)9-12/h3-9H,16H2,1-2H3. The van der Waals surface area contributed by atoms with Crippen LogP contribution in [0.25, 0.3) is 0 Å². The minimum atomic E-state index is -3.83. The van der Waals surface area contributed by atoms with Gasteiger partial charge in [-0.1, -0.05) is 6.07 Å². The summed E-state index contributed by atoms with van der Waals surface area (Å²) in [5, 5.41) is 0. The third-order valence-corrected chi connectivity index (χ3v) is 4.82. The molecule has 0 bridgehead atoms. The Morgan fingerprint density at radius 1 is 1.19 bits per heavy atom. The summed E-state index contributed by atoms with van der Waals surface area (Å²) in [4.78, 5) is -0.0771. The molecule has 7 heteroatoms. The van der Waals surface area contributed by atoms with Gasteiger partial charge in [0.2, 0.25) is 0 Å². The van der Waals surface area contributed by atoms with E-state index in [1.165, 1.54) is 20.2 Å². The van der Waals surface area contributed by atoms with Gasteiger partial charge in [0.1, 0.15) is 11.6 Å². The summed E-state index contributed by atoms with van der Waals surface area (Å²) in [7, 11) is -0.924. The van der Waals surface area contributed by atoms with Gasteiger partial charge in [-0.15, -0.1) is 0 Å². The second-order valence-corrected chi connectivity index (χ2v) is 6.33. The highest BCUT2D eigenvalue weighted by atomic mass is 32.2. The maximum absolute atomic E-state index is 13.2. The highest BCUT2D eigenvalue weighted by Crippen LogP contribution is 2.26. The minimum absolute atomic E-state index is 0.0771. The SMILES string of the molecule is COc1cccc(N(C)S(=O)(=O)c2ccc(F)c(N)c2)c1. The molecule has 0 saturated carbocycles. The summed E-state index contributed by atoms with van der Waals surface area (Å²) < 4.78 is 44.3. The lowest BCUT2D eigenvalue weighted by Gasteiger charge is -2.20. The van der Waals surface area contributed by atoms with Crippen LogP contribution < -0.4 is 14.8 Å². The van der Waals surface area contributed by atoms with Crippen molar-refractivity contribution in [3.05, 3.63) is 48.3 Å². The summed E-state index contributed by atoms with van der Waals surface area (Å²) in [6.07, 6.45) is 0. The van der Waals surface area contributed by atoms with Crippen molar-refractivity contribution in [2.75, 3.05) is 24.2 Å². The molecule has 0 atom stereocenters. The molecule has 0 radical (unpaired) electrons. The van der Waals surface area contributed by atoms with Gasteiger partial charge in [-0.05, 0) is 30.3 Å². The second-order valence-electron chi connectivity index (χ2n) is 4.36. The molecular formula is C14H15FN2O3S. The number of anilines is 2. The van der Waals surface area contributed by atoms with Crippen molar-refractivity contribution in [2.24, 2.45) is 0 Å². The van der Waals surface area contributed by atoms with Gasteiger partial charge in [0.05, 0.1) is 23.4 Å². The molecule has 21 heavy (non-hydrogen) atoms. The van der Waals surface area contributed by atoms with Crippen LogP contribution in [-0.4, -0.2) is 22.6 Å². The van der Waals surface area contributed by atoms with Gasteiger partial charge in [-0.25, -0.2) is 12.8 Å². The number of hydrogen-bond acceptors (Lipinski definition) is 4. The predicted octanol–water partition coefficient (Wildman–Crippen LogP) is 2.24. The zero-order valence-corrected chi connectivity index (χ0v) is 12.4. The molecule has 0 aliphatic carbocycles. The smallest absolute Gasteiger partial charge is 0.264 e. The van der Waals surface area contributed by atoms with E-state index in [9.17, 15) is 12.8 Å². The van der Waals surface area contributed by atoms with Crippen LogP contribution in [0, 0.1) is 5.82 Å². The Kier molecular flexibility index (Phi) is 4.04. The number of nitrogen functional groups attached to an aromatic ring is 1. The van der Waals surface area contributed by atoms with E-state index in [4.69, 9.17) is 10.5 Å². The normalized spacial score (nSPS) is 11.2. The fourth-order valence-electron chi connectivity index (χ4n) is 1.79. The van der Waals surface area contributed by atoms with Gasteiger partial charge in [0.25, 0.3) is 10.0 Å². The third-order valence-electron chi connectivity index (χ3n) is 3.04. The Bertz CT molecular complexity index is 763. The molecule has 0 amide bonds. The first kappa shape index (κ1) is 15.1. The molecule has 0 heterocycles. The predicted molar refractivity (Wildman–Crippen MR) is 79.4 cm³/mol. The van der Waals surface area contributed by atoms with E-state index in [-0.39, 0.29) is 10.6 Å². The Morgan fingerprint density at radius 3 is 2.52 bits per heavy atom. The summed E-state index contributed by atoms with van der Waals surface area (Å²) in [5.74, 6) is -0.119. The second kappa shape index (κ2) is 5.61. The van der Waals surface area contributed by atoms with Crippen LogP contribution in [0.4, 0.5) is 15.8 Å². The zero-order valence-electron chi connectivity index (χ0n) is 11.6. The van der Waals surface area contributed by atoms with Gasteiger partial charge in [-0.2, -0.15) is 0 Å². The van der Waals surface area contributed by atoms with Gasteiger partial charge in [0, 0.05) is 13.1 Å². The molecule has 2 N–H and O–H groups in total. The molecule has 0 fully saturated rings. The van der Waals surface area contributed by atoms with Crippen LogP contribution >= 0.6 is 0 Å². The molecule has 0 spiro atoms. The van der Waals surface area contributed by atoms with E-state index in [1.54, 1.807) is 24.3 Å². The first-order valence-corrected chi connectivity index (χ1v) is 7.48. The lowest BCUT2D eigenvalue weighted by molar-refractivity contribution is 0.415. The molecule has 2 aromatic carbocycles. The fraction of sp³-hybridized carbons (Fsp3) is 0.143. The Labute approximate surface area is 122 Å². The number of benzene rings is 2. The molecule has 2 aromatic rings. The van der Waals surface area contributed by atoms with Crippen molar-refractivity contribution < 1.29 is 17.5 Å². The topological polar surface area (TPSA) is 72.6 Å². The molecule has 0 unspecified atom stereocenters. The Hall–Kier alpha value is -2.28. The van der Waals surface area contributed by atoms with Crippen LogP contribution in [0.5, 0.6) is 5.75 Å². The number of halogens is 1. The van der Waals surface area contributed by atoms with Crippen molar-refractivity contribution in [1.82, 2.24) is 0 Å². The molecule has 0 saturated heterocycles. The molecule has 0 aliphatic rings. The minimum Gasteiger partial charge on any atom is -0.497 e. The number of nitrogens with two attached hydrogens (primary N) is 1. The van der Waals surface area contributed by atoms with Gasteiger partial charge in [-0.3, -0.25) is 4.31 Å². The van der Waals surface area contributed by atoms with Crippen LogP contribution in [0.3, 0.4) is 0 Å². The number of rotatable bonds is 4. The molecule has 0 aromatic heterocycles. The van der Waals surface area contributed by atoms with E-state index in [0.29, 0.717) is 11.4 Å². The number of sulfonamides is 1. The Morgan fingerprint density at radius 2 is 1.90 bits per heavy atom. The molecule has 112 valence electrons. The van der Waals surface area contributed by atoms with E-state index < -0.39 is 15.8 Å². The summed E-state index contributed by atoms with van der Waals surface area (Å²) >= 11 is 0. The fourth-order valence-corrected chi connectivity index (χ4v) is 3.01. The van der Waals surface area contributed by atoms with E-state index in [1.807, 2.05) is 0 Å². The summed E-state index contributed by atoms with van der Waals surface area (Å²) in [6.45, 7) is 0. The van der Waals surface area contributed by atoms with Crippen LogP contribution in [0.15, 0.2) is 47.4 Å². The van der Waals surface area contributed by atoms with Crippen molar-refractivity contribution in [1.29, 1.82) is 0 Å². The van der Waals surface area contributed by atoms with Crippen molar-refractivity contribution in [3.63, 3.8) is 0 Å². The highest BCUT2D eigenvalue weighted by Gasteiger charge is 2.22. The summed E-state index contributed by atoms with van der Waals surface area (Å²) in [6, 6.07) is 9.91. The van der Waals surface area contributed by atoms with Crippen molar-refractivity contribution in [2.45, 2.75) is 4.90 Å². The first-order chi connectivity index (χ1) is 9.86. The largest absolute Gasteiger partial charge is 0.497 e. The lowest BCUT2D eigenvalue weighted by Crippen LogP contribution is -2.26. The van der Waals surface area contributed by atoms with Gasteiger partial charge in [0.15, 0.2) is 0 Å². The van der Waals surface area contributed by atoms with Crippen molar-refractivity contribution >= 4 is 21.4 Å². The number of hydrogen-bond donors (Lipinski definition) is 1. The zero-order chi connectivity index (χ0) is 15.6. The molecule has 0 aliphatic heterocycles. The lowest BCUT2D eigenvalue weighted by atomic mass is 10.3. The first-order valence-electron chi connectivity index (χ1n) is 6.04. The monoisotopic (exact) mass is 310 g/mol. The van der Waals surface area contributed by atoms with E-state index in [0.717, 1.165) is 16.4 Å². The maximum Gasteiger partial charge on any atom is 0.264 e. The van der Waals surface area contributed by atoms with Crippen molar-refractivity contribution in [3.8, 4) is 5.75 Å². The number of methoxy groups -OCH3 is 1. The van der Waals surface area contributed by atoms with E-state index >= 15 is 0 Å². The average Bonchev–Trinajstić information content (AvgIpc) is 2.49. The van der Waals surface area contributed by atoms with Crippen LogP contribution in [-0.2, 0) is 10.0 Å². The van der Waals surface area contributed by atoms with Gasteiger partial charge < -0.3 is 10.5 Å². The molecule has 2 rings (SSSR count). The summed E-state index contributed by atoms with van der Waals surface area (Å²) in [5.41, 5.74) is 5.64. The van der Waals surface area contributed by atoms with Crippen LogP contribution in [0.1, 0.15) is 0 Å². The highest BCUT2D eigenvalue weighted by molar-refractivity contribution is 7.92. The molecular weight excluding hydrogens is 295 g/mol. The maximum atomic E-state index is 13.2. The van der Waals surface area contributed by atoms with Crippen LogP contribution in [0.2, 0.25) is 0 Å². The average molecular weight is 310 g/mol. The Balaban J connectivity index is 2.44. The van der Waals surface area contributed by atoms with Gasteiger partial charge >= 0.3 is 0 Å². The number of nitrogens with zero attached hydrogens (tertiary/aromatic N) is 1. The number of ether oxygens (including phenoxy) is 1. The van der Waals surface area contributed by atoms with E-state index in [2.05, 4.69) is 0 Å².